The predicted octanol–water partition coefficient (Wildman–Crippen LogP) is 5.25. The highest BCUT2D eigenvalue weighted by Crippen LogP contribution is 2.33. The molecule has 0 bridgehead atoms. The zero-order valence-corrected chi connectivity index (χ0v) is 14.0. The minimum atomic E-state index is -4.44. The first-order valence-electron chi connectivity index (χ1n) is 6.98. The van der Waals surface area contributed by atoms with Crippen molar-refractivity contribution in [3.8, 4) is 0 Å². The second-order valence-corrected chi connectivity index (χ2v) is 6.57. The van der Waals surface area contributed by atoms with Gasteiger partial charge in [0.25, 0.3) is 5.91 Å². The largest absolute Gasteiger partial charge is 0.459 e. The van der Waals surface area contributed by atoms with E-state index in [4.69, 9.17) is 16.0 Å². The van der Waals surface area contributed by atoms with Crippen LogP contribution in [0.5, 0.6) is 0 Å². The first-order valence-corrected chi connectivity index (χ1v) is 8.17. The highest BCUT2D eigenvalue weighted by molar-refractivity contribution is 7.15. The molecule has 0 aliphatic heterocycles. The van der Waals surface area contributed by atoms with E-state index < -0.39 is 17.6 Å². The predicted molar refractivity (Wildman–Crippen MR) is 88.0 cm³/mol. The molecular weight excluding hydrogens is 377 g/mol. The third-order valence-electron chi connectivity index (χ3n) is 3.26. The number of hydrogen-bond acceptors (Lipinski definition) is 4. The van der Waals surface area contributed by atoms with Gasteiger partial charge in [0.2, 0.25) is 0 Å². The number of rotatable bonds is 4. The van der Waals surface area contributed by atoms with Crippen LogP contribution in [0.4, 0.5) is 18.3 Å². The van der Waals surface area contributed by atoms with E-state index in [1.807, 2.05) is 0 Å². The van der Waals surface area contributed by atoms with Gasteiger partial charge in [-0.2, -0.15) is 13.2 Å². The smallest absolute Gasteiger partial charge is 0.416 e. The van der Waals surface area contributed by atoms with Crippen molar-refractivity contribution in [1.29, 1.82) is 0 Å². The molecule has 2 aromatic heterocycles. The third-order valence-corrected chi connectivity index (χ3v) is 4.54. The van der Waals surface area contributed by atoms with E-state index in [9.17, 15) is 18.0 Å². The molecule has 130 valence electrons. The summed E-state index contributed by atoms with van der Waals surface area (Å²) < 4.78 is 43.4. The number of anilines is 1. The summed E-state index contributed by atoms with van der Waals surface area (Å²) in [4.78, 5) is 16.6. The Morgan fingerprint density at radius 1 is 1.32 bits per heavy atom. The lowest BCUT2D eigenvalue weighted by Gasteiger charge is -2.09. The van der Waals surface area contributed by atoms with E-state index in [0.717, 1.165) is 23.5 Å². The van der Waals surface area contributed by atoms with Gasteiger partial charge < -0.3 is 4.42 Å². The number of nitrogens with zero attached hydrogens (tertiary/aromatic N) is 1. The average Bonchev–Trinajstić information content (AvgIpc) is 3.20. The second kappa shape index (κ2) is 6.89. The molecule has 4 nitrogen and oxygen atoms in total. The normalized spacial score (nSPS) is 11.5. The van der Waals surface area contributed by atoms with E-state index in [1.54, 1.807) is 6.07 Å². The minimum absolute atomic E-state index is 0.137. The minimum Gasteiger partial charge on any atom is -0.459 e. The third kappa shape index (κ3) is 4.21. The number of carbonyl (C=O) groups excluding carboxylic acids is 1. The molecule has 0 fully saturated rings. The zero-order valence-electron chi connectivity index (χ0n) is 12.4. The Morgan fingerprint density at radius 2 is 2.12 bits per heavy atom. The van der Waals surface area contributed by atoms with Gasteiger partial charge in [0.05, 0.1) is 11.8 Å². The summed E-state index contributed by atoms with van der Waals surface area (Å²) in [7, 11) is 0. The molecule has 0 aliphatic carbocycles. The molecule has 3 rings (SSSR count). The monoisotopic (exact) mass is 386 g/mol. The van der Waals surface area contributed by atoms with Crippen LogP contribution in [-0.4, -0.2) is 10.9 Å². The summed E-state index contributed by atoms with van der Waals surface area (Å²) in [5.74, 6) is -0.319. The van der Waals surface area contributed by atoms with E-state index in [2.05, 4.69) is 10.3 Å². The summed E-state index contributed by atoms with van der Waals surface area (Å²) in [5, 5.41) is 3.12. The highest BCUT2D eigenvalue weighted by atomic mass is 35.5. The molecule has 0 spiro atoms. The van der Waals surface area contributed by atoms with Crippen LogP contribution in [0.25, 0.3) is 0 Å². The van der Waals surface area contributed by atoms with Crippen molar-refractivity contribution < 1.29 is 22.4 Å². The molecular formula is C16H10ClF3N2O2S. The van der Waals surface area contributed by atoms with E-state index in [-0.39, 0.29) is 17.2 Å². The van der Waals surface area contributed by atoms with Crippen LogP contribution >= 0.6 is 22.9 Å². The first kappa shape index (κ1) is 17.5. The fourth-order valence-corrected chi connectivity index (χ4v) is 3.10. The number of aromatic nitrogens is 1. The van der Waals surface area contributed by atoms with Gasteiger partial charge >= 0.3 is 6.18 Å². The summed E-state index contributed by atoms with van der Waals surface area (Å²) in [6, 6.07) is 6.26. The summed E-state index contributed by atoms with van der Waals surface area (Å²) in [5.41, 5.74) is -0.424. The molecule has 1 aromatic carbocycles. The van der Waals surface area contributed by atoms with Gasteiger partial charge in [-0.15, -0.1) is 11.3 Å². The molecule has 1 amide bonds. The maximum atomic E-state index is 12.8. The number of alkyl halides is 3. The summed E-state index contributed by atoms with van der Waals surface area (Å²) in [6.45, 7) is 0. The Bertz CT molecular complexity index is 891. The zero-order chi connectivity index (χ0) is 18.0. The Balaban J connectivity index is 1.74. The van der Waals surface area contributed by atoms with Gasteiger partial charge in [-0.1, -0.05) is 11.6 Å². The molecule has 0 unspecified atom stereocenters. The van der Waals surface area contributed by atoms with Crippen molar-refractivity contribution in [1.82, 2.24) is 4.98 Å². The number of benzene rings is 1. The Kier molecular flexibility index (Phi) is 4.82. The van der Waals surface area contributed by atoms with Crippen molar-refractivity contribution in [3.63, 3.8) is 0 Å². The van der Waals surface area contributed by atoms with Crippen LogP contribution in [0.1, 0.15) is 26.6 Å². The number of thiazole rings is 1. The van der Waals surface area contributed by atoms with E-state index in [1.165, 1.54) is 24.6 Å². The summed E-state index contributed by atoms with van der Waals surface area (Å²) >= 11 is 7.14. The Morgan fingerprint density at radius 3 is 2.80 bits per heavy atom. The van der Waals surface area contributed by atoms with Crippen LogP contribution < -0.4 is 5.32 Å². The van der Waals surface area contributed by atoms with Gasteiger partial charge in [-0.3, -0.25) is 10.1 Å². The standard InChI is InChI=1S/C16H10ClF3N2O2S/c17-12-4-3-10(16(18,19)20)6-9(12)7-11-8-21-15(25-11)22-14(23)13-2-1-5-24-13/h1-6,8H,7H2,(H,21,22,23). The average molecular weight is 387 g/mol. The molecule has 0 atom stereocenters. The van der Waals surface area contributed by atoms with Crippen molar-refractivity contribution in [2.45, 2.75) is 12.6 Å². The van der Waals surface area contributed by atoms with Gasteiger partial charge in [0, 0.05) is 22.5 Å². The fourth-order valence-electron chi connectivity index (χ4n) is 2.09. The molecule has 9 heteroatoms. The second-order valence-electron chi connectivity index (χ2n) is 5.04. The maximum Gasteiger partial charge on any atom is 0.416 e. The molecule has 3 aromatic rings. The van der Waals surface area contributed by atoms with Gasteiger partial charge in [-0.25, -0.2) is 4.98 Å². The number of furan rings is 1. The van der Waals surface area contributed by atoms with Crippen molar-refractivity contribution >= 4 is 34.0 Å². The van der Waals surface area contributed by atoms with E-state index >= 15 is 0 Å². The number of carbonyl (C=O) groups is 1. The number of halogens is 4. The van der Waals surface area contributed by atoms with Crippen molar-refractivity contribution in [2.24, 2.45) is 0 Å². The molecule has 25 heavy (non-hydrogen) atoms. The van der Waals surface area contributed by atoms with Crippen molar-refractivity contribution in [2.75, 3.05) is 5.32 Å². The highest BCUT2D eigenvalue weighted by Gasteiger charge is 2.30. The number of amides is 1. The Hall–Kier alpha value is -2.32. The van der Waals surface area contributed by atoms with Crippen LogP contribution in [0.3, 0.4) is 0 Å². The maximum absolute atomic E-state index is 12.8. The van der Waals surface area contributed by atoms with Crippen LogP contribution in [0.15, 0.2) is 47.2 Å². The molecule has 0 radical (unpaired) electrons. The molecule has 0 aliphatic rings. The first-order chi connectivity index (χ1) is 11.8. The summed E-state index contributed by atoms with van der Waals surface area (Å²) in [6.07, 6.45) is -1.40. The Labute approximate surface area is 149 Å². The molecule has 0 saturated carbocycles. The van der Waals surface area contributed by atoms with E-state index in [0.29, 0.717) is 15.6 Å². The van der Waals surface area contributed by atoms with Gasteiger partial charge in [0.15, 0.2) is 10.9 Å². The quantitative estimate of drug-likeness (QED) is 0.666. The number of nitrogens with one attached hydrogen (secondary N) is 1. The topological polar surface area (TPSA) is 55.1 Å². The molecule has 2 heterocycles. The SMILES string of the molecule is O=C(Nc1ncc(Cc2cc(C(F)(F)F)ccc2Cl)s1)c1ccco1. The van der Waals surface area contributed by atoms with Crippen LogP contribution in [0.2, 0.25) is 5.02 Å². The van der Waals surface area contributed by atoms with Crippen LogP contribution in [-0.2, 0) is 12.6 Å². The fraction of sp³-hybridized carbons (Fsp3) is 0.125. The molecule has 1 N–H and O–H groups in total. The lowest BCUT2D eigenvalue weighted by Crippen LogP contribution is -2.10. The molecule has 0 saturated heterocycles. The van der Waals surface area contributed by atoms with Crippen molar-refractivity contribution in [3.05, 3.63) is 69.6 Å². The van der Waals surface area contributed by atoms with Gasteiger partial charge in [0.1, 0.15) is 0 Å². The van der Waals surface area contributed by atoms with Crippen LogP contribution in [0, 0.1) is 0 Å². The van der Waals surface area contributed by atoms with Gasteiger partial charge in [-0.05, 0) is 35.9 Å². The lowest BCUT2D eigenvalue weighted by atomic mass is 10.1. The lowest BCUT2D eigenvalue weighted by molar-refractivity contribution is -0.137. The number of hydrogen-bond donors (Lipinski definition) is 1.